The molecule has 0 bridgehead atoms. The third-order valence-corrected chi connectivity index (χ3v) is 3.63. The first kappa shape index (κ1) is 12.9. The lowest BCUT2D eigenvalue weighted by atomic mass is 10.1. The van der Waals surface area contributed by atoms with Crippen molar-refractivity contribution in [1.29, 1.82) is 0 Å². The average molecular weight is 274 g/mol. The monoisotopic (exact) mass is 273 g/mol. The minimum Gasteiger partial charge on any atom is -0.341 e. The van der Waals surface area contributed by atoms with Gasteiger partial charge < -0.3 is 4.90 Å². The summed E-state index contributed by atoms with van der Waals surface area (Å²) in [6.07, 6.45) is 3.65. The van der Waals surface area contributed by atoms with E-state index in [1.807, 2.05) is 13.8 Å². The maximum atomic E-state index is 6.19. The summed E-state index contributed by atoms with van der Waals surface area (Å²) in [6, 6.07) is 0. The smallest absolute Gasteiger partial charge is 0.228 e. The zero-order chi connectivity index (χ0) is 12.4. The summed E-state index contributed by atoms with van der Waals surface area (Å²) in [4.78, 5) is 10.9. The summed E-state index contributed by atoms with van der Waals surface area (Å²) in [7, 11) is 0. The van der Waals surface area contributed by atoms with Gasteiger partial charge in [-0.05, 0) is 25.2 Å². The lowest BCUT2D eigenvalue weighted by Crippen LogP contribution is -2.31. The molecule has 1 saturated heterocycles. The first-order valence-electron chi connectivity index (χ1n) is 6.07. The Bertz CT molecular complexity index is 378. The fourth-order valence-corrected chi connectivity index (χ4v) is 2.93. The van der Waals surface area contributed by atoms with Crippen molar-refractivity contribution in [2.45, 2.75) is 39.0 Å². The third-order valence-electron chi connectivity index (χ3n) is 3.06. The molecule has 0 amide bonds. The molecule has 1 aromatic rings. The van der Waals surface area contributed by atoms with Crippen molar-refractivity contribution in [1.82, 2.24) is 9.97 Å². The third kappa shape index (κ3) is 2.83. The van der Waals surface area contributed by atoms with Crippen molar-refractivity contribution >= 4 is 29.2 Å². The Labute approximate surface area is 112 Å². The van der Waals surface area contributed by atoms with E-state index in [1.165, 1.54) is 19.3 Å². The highest BCUT2D eigenvalue weighted by atomic mass is 35.5. The van der Waals surface area contributed by atoms with Crippen LogP contribution in [0.25, 0.3) is 0 Å². The van der Waals surface area contributed by atoms with E-state index in [9.17, 15) is 0 Å². The van der Waals surface area contributed by atoms with Crippen molar-refractivity contribution < 1.29 is 0 Å². The Hall–Kier alpha value is -0.540. The van der Waals surface area contributed by atoms with Crippen LogP contribution in [0.4, 0.5) is 5.95 Å². The topological polar surface area (TPSA) is 29.0 Å². The largest absolute Gasteiger partial charge is 0.341 e. The van der Waals surface area contributed by atoms with Gasteiger partial charge in [-0.25, -0.2) is 9.97 Å². The molecule has 1 fully saturated rings. The number of piperidine rings is 1. The molecule has 0 unspecified atom stereocenters. The van der Waals surface area contributed by atoms with E-state index in [-0.39, 0.29) is 5.92 Å². The van der Waals surface area contributed by atoms with Gasteiger partial charge in [0.25, 0.3) is 0 Å². The summed E-state index contributed by atoms with van der Waals surface area (Å²) in [6.45, 7) is 6.06. The van der Waals surface area contributed by atoms with Gasteiger partial charge in [0.1, 0.15) is 10.3 Å². The van der Waals surface area contributed by atoms with Crippen LogP contribution in [0.15, 0.2) is 0 Å². The van der Waals surface area contributed by atoms with Crippen LogP contribution in [-0.4, -0.2) is 23.1 Å². The van der Waals surface area contributed by atoms with Crippen LogP contribution in [0.1, 0.15) is 44.6 Å². The highest BCUT2D eigenvalue weighted by molar-refractivity contribution is 6.34. The highest BCUT2D eigenvalue weighted by Gasteiger charge is 2.19. The molecule has 0 radical (unpaired) electrons. The van der Waals surface area contributed by atoms with Gasteiger partial charge in [-0.3, -0.25) is 0 Å². The molecular formula is C12H17Cl2N3. The number of aromatic nitrogens is 2. The Morgan fingerprint density at radius 3 is 2.00 bits per heavy atom. The highest BCUT2D eigenvalue weighted by Crippen LogP contribution is 2.31. The molecule has 0 N–H and O–H groups in total. The van der Waals surface area contributed by atoms with Gasteiger partial charge in [-0.2, -0.15) is 0 Å². The molecular weight excluding hydrogens is 257 g/mol. The second kappa shape index (κ2) is 5.40. The predicted octanol–water partition coefficient (Wildman–Crippen LogP) is 3.90. The quantitative estimate of drug-likeness (QED) is 0.766. The van der Waals surface area contributed by atoms with Gasteiger partial charge in [0.15, 0.2) is 0 Å². The Morgan fingerprint density at radius 2 is 1.53 bits per heavy atom. The van der Waals surface area contributed by atoms with Gasteiger partial charge in [-0.15, -0.1) is 0 Å². The second-order valence-electron chi connectivity index (χ2n) is 4.72. The average Bonchev–Trinajstić information content (AvgIpc) is 2.28. The van der Waals surface area contributed by atoms with Crippen LogP contribution in [0.3, 0.4) is 0 Å². The number of nitrogens with zero attached hydrogens (tertiary/aromatic N) is 3. The molecule has 94 valence electrons. The molecule has 1 aliphatic heterocycles. The lowest BCUT2D eigenvalue weighted by molar-refractivity contribution is 0.567. The number of rotatable bonds is 2. The molecule has 0 atom stereocenters. The molecule has 5 heteroatoms. The molecule has 0 aromatic carbocycles. The van der Waals surface area contributed by atoms with Crippen molar-refractivity contribution in [3.8, 4) is 0 Å². The first-order valence-corrected chi connectivity index (χ1v) is 6.83. The van der Waals surface area contributed by atoms with Crippen LogP contribution < -0.4 is 4.90 Å². The second-order valence-corrected chi connectivity index (χ2v) is 5.44. The SMILES string of the molecule is CC(C)c1c(Cl)nc(N2CCCCC2)nc1Cl. The van der Waals surface area contributed by atoms with Gasteiger partial charge >= 0.3 is 0 Å². The van der Waals surface area contributed by atoms with E-state index >= 15 is 0 Å². The van der Waals surface area contributed by atoms with E-state index in [0.717, 1.165) is 18.7 Å². The molecule has 1 aromatic heterocycles. The van der Waals surface area contributed by atoms with Gasteiger partial charge in [0, 0.05) is 18.7 Å². The molecule has 0 saturated carbocycles. The van der Waals surface area contributed by atoms with E-state index < -0.39 is 0 Å². The zero-order valence-electron chi connectivity index (χ0n) is 10.2. The number of hydrogen-bond donors (Lipinski definition) is 0. The van der Waals surface area contributed by atoms with E-state index in [0.29, 0.717) is 16.3 Å². The summed E-state index contributed by atoms with van der Waals surface area (Å²) in [5.41, 5.74) is 0.842. The Morgan fingerprint density at radius 1 is 1.00 bits per heavy atom. The molecule has 0 aliphatic carbocycles. The lowest BCUT2D eigenvalue weighted by Gasteiger charge is -2.27. The van der Waals surface area contributed by atoms with Crippen LogP contribution in [0, 0.1) is 0 Å². The fourth-order valence-electron chi connectivity index (χ4n) is 2.12. The first-order chi connectivity index (χ1) is 8.09. The molecule has 1 aliphatic rings. The van der Waals surface area contributed by atoms with Crippen LogP contribution >= 0.6 is 23.2 Å². The molecule has 2 heterocycles. The summed E-state index contributed by atoms with van der Waals surface area (Å²) >= 11 is 12.4. The van der Waals surface area contributed by atoms with Crippen LogP contribution in [0.5, 0.6) is 0 Å². The van der Waals surface area contributed by atoms with Crippen molar-refractivity contribution in [3.05, 3.63) is 15.9 Å². The standard InChI is InChI=1S/C12H17Cl2N3/c1-8(2)9-10(13)15-12(16-11(9)14)17-6-4-3-5-7-17/h8H,3-7H2,1-2H3. The predicted molar refractivity (Wildman–Crippen MR) is 72.2 cm³/mol. The summed E-state index contributed by atoms with van der Waals surface area (Å²) < 4.78 is 0. The van der Waals surface area contributed by atoms with Gasteiger partial charge in [0.2, 0.25) is 5.95 Å². The van der Waals surface area contributed by atoms with Gasteiger partial charge in [-0.1, -0.05) is 37.0 Å². The number of hydrogen-bond acceptors (Lipinski definition) is 3. The van der Waals surface area contributed by atoms with Gasteiger partial charge in [0.05, 0.1) is 0 Å². The van der Waals surface area contributed by atoms with Crippen molar-refractivity contribution in [3.63, 3.8) is 0 Å². The normalized spacial score (nSPS) is 16.6. The molecule has 3 nitrogen and oxygen atoms in total. The van der Waals surface area contributed by atoms with E-state index in [4.69, 9.17) is 23.2 Å². The minimum atomic E-state index is 0.241. The van der Waals surface area contributed by atoms with Crippen LogP contribution in [-0.2, 0) is 0 Å². The molecule has 17 heavy (non-hydrogen) atoms. The van der Waals surface area contributed by atoms with Crippen molar-refractivity contribution in [2.24, 2.45) is 0 Å². The Balaban J connectivity index is 2.31. The molecule has 0 spiro atoms. The molecule has 2 rings (SSSR count). The van der Waals surface area contributed by atoms with Crippen molar-refractivity contribution in [2.75, 3.05) is 18.0 Å². The number of halogens is 2. The summed E-state index contributed by atoms with van der Waals surface area (Å²) in [5.74, 6) is 0.912. The van der Waals surface area contributed by atoms with E-state index in [2.05, 4.69) is 14.9 Å². The maximum absolute atomic E-state index is 6.19. The number of anilines is 1. The summed E-state index contributed by atoms with van der Waals surface area (Å²) in [5, 5.41) is 0.973. The van der Waals surface area contributed by atoms with Crippen LogP contribution in [0.2, 0.25) is 10.3 Å². The minimum absolute atomic E-state index is 0.241. The zero-order valence-corrected chi connectivity index (χ0v) is 11.7. The Kier molecular flexibility index (Phi) is 4.10. The fraction of sp³-hybridized carbons (Fsp3) is 0.667. The maximum Gasteiger partial charge on any atom is 0.228 e. The van der Waals surface area contributed by atoms with E-state index in [1.54, 1.807) is 0 Å².